The van der Waals surface area contributed by atoms with Crippen LogP contribution >= 0.6 is 0 Å². The third-order valence-corrected chi connectivity index (χ3v) is 4.29. The molecule has 2 aromatic rings. The van der Waals surface area contributed by atoms with Gasteiger partial charge in [0.2, 0.25) is 5.88 Å². The van der Waals surface area contributed by atoms with Gasteiger partial charge in [-0.15, -0.1) is 0 Å². The van der Waals surface area contributed by atoms with Crippen molar-refractivity contribution < 1.29 is 9.53 Å². The molecule has 0 spiro atoms. The highest BCUT2D eigenvalue weighted by Crippen LogP contribution is 2.22. The van der Waals surface area contributed by atoms with Crippen molar-refractivity contribution in [2.45, 2.75) is 58.1 Å². The predicted molar refractivity (Wildman–Crippen MR) is 91.0 cm³/mol. The van der Waals surface area contributed by atoms with Gasteiger partial charge in [0.1, 0.15) is 11.8 Å². The van der Waals surface area contributed by atoms with E-state index < -0.39 is 0 Å². The fourth-order valence-corrected chi connectivity index (χ4v) is 2.78. The van der Waals surface area contributed by atoms with Crippen LogP contribution in [0.1, 0.15) is 67.2 Å². The highest BCUT2D eigenvalue weighted by atomic mass is 16.5. The van der Waals surface area contributed by atoms with E-state index in [4.69, 9.17) is 4.74 Å². The summed E-state index contributed by atoms with van der Waals surface area (Å²) in [5.41, 5.74) is 2.30. The van der Waals surface area contributed by atoms with Crippen molar-refractivity contribution in [3.8, 4) is 5.88 Å². The zero-order chi connectivity index (χ0) is 16.9. The van der Waals surface area contributed by atoms with E-state index >= 15 is 0 Å². The maximum Gasteiger partial charge on any atom is 0.272 e. The molecular weight excluding hydrogens is 304 g/mol. The number of pyridine rings is 1. The second-order valence-electron chi connectivity index (χ2n) is 6.57. The number of ether oxygens (including phenoxy) is 1. The standard InChI is InChI=1S/C18H24N4O2/c1-12(2)15-9-16(22-21-15)18(23)20-11-13-7-8-17(19-10-13)24-14-5-3-4-6-14/h7-10,12,14H,3-6,11H2,1-2H3,(H,20,23)(H,21,22). The zero-order valence-electron chi connectivity index (χ0n) is 14.2. The summed E-state index contributed by atoms with van der Waals surface area (Å²) < 4.78 is 5.84. The number of aromatic nitrogens is 3. The van der Waals surface area contributed by atoms with Gasteiger partial charge in [0.15, 0.2) is 0 Å². The van der Waals surface area contributed by atoms with Crippen molar-refractivity contribution in [3.63, 3.8) is 0 Å². The Labute approximate surface area is 142 Å². The Bertz CT molecular complexity index is 673. The number of aromatic amines is 1. The molecule has 0 unspecified atom stereocenters. The number of rotatable bonds is 6. The molecule has 6 nitrogen and oxygen atoms in total. The molecule has 3 rings (SSSR count). The second kappa shape index (κ2) is 7.47. The monoisotopic (exact) mass is 328 g/mol. The van der Waals surface area contributed by atoms with Gasteiger partial charge in [0, 0.05) is 24.5 Å². The van der Waals surface area contributed by atoms with Gasteiger partial charge < -0.3 is 10.1 Å². The first-order valence-electron chi connectivity index (χ1n) is 8.57. The van der Waals surface area contributed by atoms with Crippen LogP contribution < -0.4 is 10.1 Å². The summed E-state index contributed by atoms with van der Waals surface area (Å²) >= 11 is 0. The van der Waals surface area contributed by atoms with Crippen LogP contribution in [0.15, 0.2) is 24.4 Å². The summed E-state index contributed by atoms with van der Waals surface area (Å²) in [4.78, 5) is 16.4. The number of H-pyrrole nitrogens is 1. The van der Waals surface area contributed by atoms with Crippen molar-refractivity contribution in [2.75, 3.05) is 0 Å². The van der Waals surface area contributed by atoms with Crippen molar-refractivity contribution in [1.82, 2.24) is 20.5 Å². The van der Waals surface area contributed by atoms with Crippen molar-refractivity contribution in [1.29, 1.82) is 0 Å². The molecule has 6 heteroatoms. The lowest BCUT2D eigenvalue weighted by molar-refractivity contribution is 0.0946. The summed E-state index contributed by atoms with van der Waals surface area (Å²) in [6, 6.07) is 5.59. The average molecular weight is 328 g/mol. The Morgan fingerprint density at radius 2 is 2.17 bits per heavy atom. The SMILES string of the molecule is CC(C)c1cc(C(=O)NCc2ccc(OC3CCCC3)nc2)n[nH]1. The molecule has 128 valence electrons. The lowest BCUT2D eigenvalue weighted by Crippen LogP contribution is -2.23. The first-order valence-corrected chi connectivity index (χ1v) is 8.57. The van der Waals surface area contributed by atoms with Crippen LogP contribution in [0.4, 0.5) is 0 Å². The Morgan fingerprint density at radius 3 is 2.79 bits per heavy atom. The predicted octanol–water partition coefficient (Wildman–Crippen LogP) is 3.18. The second-order valence-corrected chi connectivity index (χ2v) is 6.57. The molecule has 0 aromatic carbocycles. The maximum atomic E-state index is 12.1. The van der Waals surface area contributed by atoms with E-state index in [2.05, 4.69) is 34.3 Å². The van der Waals surface area contributed by atoms with Gasteiger partial charge >= 0.3 is 0 Å². The van der Waals surface area contributed by atoms with Gasteiger partial charge in [-0.25, -0.2) is 4.98 Å². The third kappa shape index (κ3) is 4.13. The van der Waals surface area contributed by atoms with Crippen molar-refractivity contribution in [2.24, 2.45) is 0 Å². The maximum absolute atomic E-state index is 12.1. The van der Waals surface area contributed by atoms with E-state index in [0.717, 1.165) is 24.1 Å². The van der Waals surface area contributed by atoms with Crippen molar-refractivity contribution >= 4 is 5.91 Å². The van der Waals surface area contributed by atoms with Crippen LogP contribution in [0.25, 0.3) is 0 Å². The molecule has 0 saturated heterocycles. The molecule has 2 aromatic heterocycles. The van der Waals surface area contributed by atoms with Crippen LogP contribution in [0.5, 0.6) is 5.88 Å². The highest BCUT2D eigenvalue weighted by molar-refractivity contribution is 5.92. The molecule has 0 aliphatic heterocycles. The number of amides is 1. The third-order valence-electron chi connectivity index (χ3n) is 4.29. The largest absolute Gasteiger partial charge is 0.474 e. The van der Waals surface area contributed by atoms with E-state index in [1.54, 1.807) is 12.3 Å². The summed E-state index contributed by atoms with van der Waals surface area (Å²) in [7, 11) is 0. The Hall–Kier alpha value is -2.37. The van der Waals surface area contributed by atoms with Crippen LogP contribution in [0.3, 0.4) is 0 Å². The molecule has 1 amide bonds. The lowest BCUT2D eigenvalue weighted by Gasteiger charge is -2.12. The topological polar surface area (TPSA) is 79.9 Å². The number of hydrogen-bond acceptors (Lipinski definition) is 4. The fourth-order valence-electron chi connectivity index (χ4n) is 2.78. The average Bonchev–Trinajstić information content (AvgIpc) is 3.25. The van der Waals surface area contributed by atoms with Gasteiger partial charge in [-0.2, -0.15) is 5.10 Å². The van der Waals surface area contributed by atoms with E-state index in [-0.39, 0.29) is 5.91 Å². The summed E-state index contributed by atoms with van der Waals surface area (Å²) in [6.07, 6.45) is 6.75. The number of nitrogens with zero attached hydrogens (tertiary/aromatic N) is 2. The molecule has 0 bridgehead atoms. The number of carbonyl (C=O) groups is 1. The molecular formula is C18H24N4O2. The molecule has 24 heavy (non-hydrogen) atoms. The van der Waals surface area contributed by atoms with E-state index in [9.17, 15) is 4.79 Å². The minimum absolute atomic E-state index is 0.190. The first kappa shape index (κ1) is 16.5. The van der Waals surface area contributed by atoms with Crippen molar-refractivity contribution in [3.05, 3.63) is 41.3 Å². The quantitative estimate of drug-likeness (QED) is 0.853. The van der Waals surface area contributed by atoms with Gasteiger partial charge in [0.05, 0.1) is 0 Å². The molecule has 2 heterocycles. The van der Waals surface area contributed by atoms with Crippen LogP contribution in [0, 0.1) is 0 Å². The zero-order valence-corrected chi connectivity index (χ0v) is 14.2. The highest BCUT2D eigenvalue weighted by Gasteiger charge is 2.17. The fraction of sp³-hybridized carbons (Fsp3) is 0.500. The number of nitrogens with one attached hydrogen (secondary N) is 2. The normalized spacial score (nSPS) is 15.0. The molecule has 1 aliphatic carbocycles. The molecule has 0 atom stereocenters. The van der Waals surface area contributed by atoms with Gasteiger partial charge in [-0.05, 0) is 43.2 Å². The van der Waals surface area contributed by atoms with Crippen LogP contribution in [-0.2, 0) is 6.54 Å². The molecule has 0 radical (unpaired) electrons. The Balaban J connectivity index is 1.51. The van der Waals surface area contributed by atoms with E-state index in [1.165, 1.54) is 12.8 Å². The van der Waals surface area contributed by atoms with E-state index in [1.807, 2.05) is 12.1 Å². The van der Waals surface area contributed by atoms with Gasteiger partial charge in [-0.1, -0.05) is 19.9 Å². The number of carbonyl (C=O) groups excluding carboxylic acids is 1. The van der Waals surface area contributed by atoms with Crippen LogP contribution in [-0.4, -0.2) is 27.2 Å². The van der Waals surface area contributed by atoms with E-state index in [0.29, 0.717) is 30.1 Å². The summed E-state index contributed by atoms with van der Waals surface area (Å²) in [6.45, 7) is 4.52. The first-order chi connectivity index (χ1) is 11.6. The van der Waals surface area contributed by atoms with Gasteiger partial charge in [0.25, 0.3) is 5.91 Å². The smallest absolute Gasteiger partial charge is 0.272 e. The van der Waals surface area contributed by atoms with Gasteiger partial charge in [-0.3, -0.25) is 9.89 Å². The minimum atomic E-state index is -0.190. The Kier molecular flexibility index (Phi) is 5.13. The molecule has 1 aliphatic rings. The summed E-state index contributed by atoms with van der Waals surface area (Å²) in [5, 5.41) is 9.79. The molecule has 2 N–H and O–H groups in total. The Morgan fingerprint density at radius 1 is 1.38 bits per heavy atom. The van der Waals surface area contributed by atoms with Crippen LogP contribution in [0.2, 0.25) is 0 Å². The summed E-state index contributed by atoms with van der Waals surface area (Å²) in [5.74, 6) is 0.783. The molecule has 1 saturated carbocycles. The lowest BCUT2D eigenvalue weighted by atomic mass is 10.1. The minimum Gasteiger partial charge on any atom is -0.474 e. The molecule has 1 fully saturated rings. The number of hydrogen-bond donors (Lipinski definition) is 2.